The van der Waals surface area contributed by atoms with Gasteiger partial charge in [0.15, 0.2) is 5.76 Å². The fourth-order valence-electron chi connectivity index (χ4n) is 4.58. The van der Waals surface area contributed by atoms with Gasteiger partial charge >= 0.3 is 0 Å². The third-order valence-corrected chi connectivity index (χ3v) is 6.38. The standard InChI is InChI=1S/C25H27N5O/c1-16-14-15-31-25(16)24-23(19-8-4-10-21(28-19)26-18-12-13-18)20-9-5-11-22(30(20)29-24)27-17-6-2-3-7-17/h4-5,8-11,14-15,17-18,27H,2-3,6-7,12-13H2,1H3,(H,26,28). The van der Waals surface area contributed by atoms with E-state index in [0.29, 0.717) is 12.1 Å². The Hall–Kier alpha value is -3.28. The monoisotopic (exact) mass is 413 g/mol. The Morgan fingerprint density at radius 2 is 1.74 bits per heavy atom. The number of fused-ring (bicyclic) bond motifs is 1. The predicted octanol–water partition coefficient (Wildman–Crippen LogP) is 5.89. The third-order valence-electron chi connectivity index (χ3n) is 6.38. The maximum Gasteiger partial charge on any atom is 0.157 e. The van der Waals surface area contributed by atoms with Crippen LogP contribution in [0.4, 0.5) is 11.6 Å². The van der Waals surface area contributed by atoms with Gasteiger partial charge in [0, 0.05) is 12.1 Å². The fraction of sp³-hybridized carbons (Fsp3) is 0.360. The first-order valence-electron chi connectivity index (χ1n) is 11.3. The summed E-state index contributed by atoms with van der Waals surface area (Å²) >= 11 is 0. The molecule has 2 fully saturated rings. The molecule has 158 valence electrons. The van der Waals surface area contributed by atoms with Crippen molar-refractivity contribution in [2.24, 2.45) is 0 Å². The molecule has 2 aliphatic rings. The molecule has 0 saturated heterocycles. The van der Waals surface area contributed by atoms with E-state index in [-0.39, 0.29) is 0 Å². The molecule has 2 aliphatic carbocycles. The molecule has 4 heterocycles. The number of furan rings is 1. The molecule has 0 bridgehead atoms. The zero-order valence-corrected chi connectivity index (χ0v) is 17.8. The normalized spacial score (nSPS) is 16.8. The lowest BCUT2D eigenvalue weighted by molar-refractivity contribution is 0.578. The van der Waals surface area contributed by atoms with Crippen LogP contribution < -0.4 is 10.6 Å². The zero-order valence-electron chi connectivity index (χ0n) is 17.8. The molecular weight excluding hydrogens is 386 g/mol. The van der Waals surface area contributed by atoms with Gasteiger partial charge in [-0.25, -0.2) is 9.50 Å². The highest BCUT2D eigenvalue weighted by atomic mass is 16.3. The van der Waals surface area contributed by atoms with Crippen LogP contribution in [0.5, 0.6) is 0 Å². The van der Waals surface area contributed by atoms with Crippen molar-refractivity contribution in [2.45, 2.75) is 57.5 Å². The van der Waals surface area contributed by atoms with Crippen LogP contribution in [0.3, 0.4) is 0 Å². The number of nitrogens with one attached hydrogen (secondary N) is 2. The molecule has 0 aromatic carbocycles. The molecule has 2 N–H and O–H groups in total. The topological polar surface area (TPSA) is 67.4 Å². The van der Waals surface area contributed by atoms with E-state index in [1.54, 1.807) is 6.26 Å². The Balaban J connectivity index is 1.52. The Morgan fingerprint density at radius 1 is 0.935 bits per heavy atom. The van der Waals surface area contributed by atoms with Crippen LogP contribution in [-0.2, 0) is 0 Å². The van der Waals surface area contributed by atoms with Gasteiger partial charge < -0.3 is 15.1 Å². The van der Waals surface area contributed by atoms with Crippen LogP contribution in [0.2, 0.25) is 0 Å². The quantitative estimate of drug-likeness (QED) is 0.412. The molecule has 0 atom stereocenters. The van der Waals surface area contributed by atoms with Crippen molar-refractivity contribution in [2.75, 3.05) is 10.6 Å². The Morgan fingerprint density at radius 3 is 2.52 bits per heavy atom. The fourth-order valence-corrected chi connectivity index (χ4v) is 4.58. The first-order chi connectivity index (χ1) is 15.3. The van der Waals surface area contributed by atoms with Crippen LogP contribution in [0.15, 0.2) is 53.1 Å². The summed E-state index contributed by atoms with van der Waals surface area (Å²) in [5.74, 6) is 2.74. The summed E-state index contributed by atoms with van der Waals surface area (Å²) in [5.41, 5.74) is 4.85. The van der Waals surface area contributed by atoms with Gasteiger partial charge in [0.25, 0.3) is 0 Å². The average molecular weight is 414 g/mol. The van der Waals surface area contributed by atoms with Crippen molar-refractivity contribution in [3.63, 3.8) is 0 Å². The summed E-state index contributed by atoms with van der Waals surface area (Å²) in [6, 6.07) is 15.5. The third kappa shape index (κ3) is 3.46. The van der Waals surface area contributed by atoms with Crippen molar-refractivity contribution in [3.8, 4) is 22.7 Å². The van der Waals surface area contributed by atoms with Gasteiger partial charge in [-0.2, -0.15) is 5.10 Å². The number of hydrogen-bond acceptors (Lipinski definition) is 5. The SMILES string of the molecule is Cc1ccoc1-c1nn2c(NC3CCCC3)cccc2c1-c1cccc(NC2CC2)n1. The highest BCUT2D eigenvalue weighted by molar-refractivity contribution is 5.91. The van der Waals surface area contributed by atoms with E-state index in [0.717, 1.165) is 45.4 Å². The maximum atomic E-state index is 5.88. The molecule has 6 nitrogen and oxygen atoms in total. The lowest BCUT2D eigenvalue weighted by Gasteiger charge is -2.14. The number of aromatic nitrogens is 3. The Kier molecular flexibility index (Phi) is 4.44. The van der Waals surface area contributed by atoms with E-state index in [9.17, 15) is 0 Å². The lowest BCUT2D eigenvalue weighted by atomic mass is 10.1. The first kappa shape index (κ1) is 18.5. The van der Waals surface area contributed by atoms with E-state index in [4.69, 9.17) is 14.5 Å². The van der Waals surface area contributed by atoms with E-state index in [1.807, 2.05) is 16.6 Å². The molecule has 2 saturated carbocycles. The van der Waals surface area contributed by atoms with Gasteiger partial charge in [-0.1, -0.05) is 25.0 Å². The minimum Gasteiger partial charge on any atom is -0.462 e. The molecule has 6 heteroatoms. The lowest BCUT2D eigenvalue weighted by Crippen LogP contribution is -2.16. The van der Waals surface area contributed by atoms with E-state index < -0.39 is 0 Å². The van der Waals surface area contributed by atoms with Crippen molar-refractivity contribution >= 4 is 17.2 Å². The smallest absolute Gasteiger partial charge is 0.157 e. The van der Waals surface area contributed by atoms with Gasteiger partial charge in [0.05, 0.1) is 23.0 Å². The van der Waals surface area contributed by atoms with Gasteiger partial charge in [-0.05, 0) is 68.5 Å². The first-order valence-corrected chi connectivity index (χ1v) is 11.3. The number of anilines is 2. The van der Waals surface area contributed by atoms with Crippen molar-refractivity contribution in [1.29, 1.82) is 0 Å². The number of aryl methyl sites for hydroxylation is 1. The van der Waals surface area contributed by atoms with Gasteiger partial charge in [0.2, 0.25) is 0 Å². The molecule has 0 aliphatic heterocycles. The summed E-state index contributed by atoms with van der Waals surface area (Å²) in [6.07, 6.45) is 9.18. The summed E-state index contributed by atoms with van der Waals surface area (Å²) in [6.45, 7) is 2.06. The number of pyridine rings is 2. The minimum atomic E-state index is 0.510. The predicted molar refractivity (Wildman–Crippen MR) is 123 cm³/mol. The second-order valence-corrected chi connectivity index (χ2v) is 8.82. The Labute approximate surface area is 181 Å². The molecule has 0 unspecified atom stereocenters. The number of rotatable bonds is 6. The summed E-state index contributed by atoms with van der Waals surface area (Å²) in [5, 5.41) is 12.3. The largest absolute Gasteiger partial charge is 0.462 e. The van der Waals surface area contributed by atoms with Crippen LogP contribution in [0, 0.1) is 6.92 Å². The second kappa shape index (κ2) is 7.45. The van der Waals surface area contributed by atoms with Gasteiger partial charge in [0.1, 0.15) is 17.3 Å². The average Bonchev–Trinajstić information content (AvgIpc) is 3.16. The van der Waals surface area contributed by atoms with E-state index in [1.165, 1.54) is 38.5 Å². The summed E-state index contributed by atoms with van der Waals surface area (Å²) < 4.78 is 7.90. The molecule has 0 radical (unpaired) electrons. The highest BCUT2D eigenvalue weighted by Crippen LogP contribution is 2.38. The van der Waals surface area contributed by atoms with Crippen LogP contribution in [0.1, 0.15) is 44.1 Å². The van der Waals surface area contributed by atoms with Crippen molar-refractivity contribution in [1.82, 2.24) is 14.6 Å². The molecule has 4 aromatic rings. The van der Waals surface area contributed by atoms with Crippen molar-refractivity contribution in [3.05, 3.63) is 54.3 Å². The second-order valence-electron chi connectivity index (χ2n) is 8.82. The number of hydrogen-bond donors (Lipinski definition) is 2. The van der Waals surface area contributed by atoms with Gasteiger partial charge in [-0.3, -0.25) is 0 Å². The van der Waals surface area contributed by atoms with E-state index in [2.05, 4.69) is 47.9 Å². The van der Waals surface area contributed by atoms with Gasteiger partial charge in [-0.15, -0.1) is 0 Å². The van der Waals surface area contributed by atoms with Crippen LogP contribution >= 0.6 is 0 Å². The van der Waals surface area contributed by atoms with Crippen molar-refractivity contribution < 1.29 is 4.42 Å². The Bertz CT molecular complexity index is 1230. The molecular formula is C25H27N5O. The summed E-state index contributed by atoms with van der Waals surface area (Å²) in [4.78, 5) is 4.95. The molecule has 4 aromatic heterocycles. The molecule has 6 rings (SSSR count). The highest BCUT2D eigenvalue weighted by Gasteiger charge is 2.25. The van der Waals surface area contributed by atoms with Crippen LogP contribution in [-0.4, -0.2) is 26.7 Å². The summed E-state index contributed by atoms with van der Waals surface area (Å²) in [7, 11) is 0. The molecule has 0 spiro atoms. The minimum absolute atomic E-state index is 0.510. The molecule has 31 heavy (non-hydrogen) atoms. The molecule has 0 amide bonds. The maximum absolute atomic E-state index is 5.88. The zero-order chi connectivity index (χ0) is 20.8. The van der Waals surface area contributed by atoms with E-state index >= 15 is 0 Å². The van der Waals surface area contributed by atoms with Crippen LogP contribution in [0.25, 0.3) is 28.2 Å². The number of nitrogens with zero attached hydrogens (tertiary/aromatic N) is 3.